The van der Waals surface area contributed by atoms with Crippen LogP contribution in [0.25, 0.3) is 11.2 Å². The first-order chi connectivity index (χ1) is 11.2. The van der Waals surface area contributed by atoms with Gasteiger partial charge in [-0.15, -0.1) is 0 Å². The van der Waals surface area contributed by atoms with Crippen molar-refractivity contribution in [3.05, 3.63) is 12.7 Å². The Morgan fingerprint density at radius 1 is 1.39 bits per heavy atom. The molecular formula is C15H23N5O3. The maximum absolute atomic E-state index is 10.2. The van der Waals surface area contributed by atoms with Crippen molar-refractivity contribution in [1.82, 2.24) is 19.5 Å². The van der Waals surface area contributed by atoms with E-state index in [2.05, 4.69) is 21.9 Å². The topological polar surface area (TPSA) is 108 Å². The fourth-order valence-electron chi connectivity index (χ4n) is 2.77. The Kier molecular flexibility index (Phi) is 5.04. The number of unbranched alkanes of at least 4 members (excludes halogenated alkanes) is 2. The molecule has 23 heavy (non-hydrogen) atoms. The lowest BCUT2D eigenvalue weighted by atomic mass is 10.2. The second kappa shape index (κ2) is 7.20. The summed E-state index contributed by atoms with van der Waals surface area (Å²) in [6, 6.07) is 0. The third-order valence-electron chi connectivity index (χ3n) is 4.08. The molecule has 0 unspecified atom stereocenters. The van der Waals surface area contributed by atoms with Crippen molar-refractivity contribution >= 4 is 17.0 Å². The molecule has 0 radical (unpaired) electrons. The van der Waals surface area contributed by atoms with Crippen LogP contribution in [0, 0.1) is 0 Å². The van der Waals surface area contributed by atoms with E-state index in [1.54, 1.807) is 10.9 Å². The van der Waals surface area contributed by atoms with Crippen LogP contribution < -0.4 is 5.73 Å². The van der Waals surface area contributed by atoms with E-state index in [0.29, 0.717) is 36.6 Å². The summed E-state index contributed by atoms with van der Waals surface area (Å²) in [5.41, 5.74) is 6.95. The van der Waals surface area contributed by atoms with Gasteiger partial charge in [0.1, 0.15) is 24.2 Å². The fraction of sp³-hybridized carbons (Fsp3) is 0.667. The van der Waals surface area contributed by atoms with E-state index in [-0.39, 0.29) is 12.3 Å². The van der Waals surface area contributed by atoms with Gasteiger partial charge in [0.2, 0.25) is 0 Å². The van der Waals surface area contributed by atoms with Crippen LogP contribution in [-0.2, 0) is 9.47 Å². The van der Waals surface area contributed by atoms with Crippen LogP contribution in [0.15, 0.2) is 12.7 Å². The van der Waals surface area contributed by atoms with E-state index >= 15 is 0 Å². The van der Waals surface area contributed by atoms with Crippen molar-refractivity contribution in [3.8, 4) is 0 Å². The summed E-state index contributed by atoms with van der Waals surface area (Å²) >= 11 is 0. The molecule has 3 atom stereocenters. The Hall–Kier alpha value is -1.77. The highest BCUT2D eigenvalue weighted by molar-refractivity contribution is 5.81. The summed E-state index contributed by atoms with van der Waals surface area (Å²) < 4.78 is 13.3. The lowest BCUT2D eigenvalue weighted by Gasteiger charge is -2.16. The van der Waals surface area contributed by atoms with Gasteiger partial charge >= 0.3 is 0 Å². The van der Waals surface area contributed by atoms with Crippen LogP contribution in [0.3, 0.4) is 0 Å². The molecule has 1 aliphatic rings. The predicted molar refractivity (Wildman–Crippen MR) is 84.6 cm³/mol. The third kappa shape index (κ3) is 3.44. The molecule has 1 fully saturated rings. The van der Waals surface area contributed by atoms with Gasteiger partial charge in [-0.05, 0) is 6.42 Å². The number of aliphatic hydroxyl groups excluding tert-OH is 1. The second-order valence-corrected chi connectivity index (χ2v) is 5.80. The van der Waals surface area contributed by atoms with Gasteiger partial charge in [0, 0.05) is 13.0 Å². The molecule has 0 saturated carbocycles. The minimum Gasteiger partial charge on any atom is -0.390 e. The van der Waals surface area contributed by atoms with Crippen LogP contribution in [-0.4, -0.2) is 50.0 Å². The summed E-state index contributed by atoms with van der Waals surface area (Å²) in [4.78, 5) is 12.4. The third-order valence-corrected chi connectivity index (χ3v) is 4.08. The first kappa shape index (κ1) is 16.1. The highest BCUT2D eigenvalue weighted by Gasteiger charge is 2.35. The number of imidazole rings is 1. The summed E-state index contributed by atoms with van der Waals surface area (Å²) in [5, 5.41) is 10.2. The maximum Gasteiger partial charge on any atom is 0.167 e. The van der Waals surface area contributed by atoms with Crippen LogP contribution in [0.1, 0.15) is 38.8 Å². The van der Waals surface area contributed by atoms with Gasteiger partial charge in [-0.1, -0.05) is 19.8 Å². The molecule has 8 heteroatoms. The van der Waals surface area contributed by atoms with Gasteiger partial charge in [-0.3, -0.25) is 4.57 Å². The number of aliphatic hydroxyl groups is 1. The Balaban J connectivity index is 1.62. The lowest BCUT2D eigenvalue weighted by Crippen LogP contribution is -2.26. The molecule has 2 aromatic heterocycles. The smallest absolute Gasteiger partial charge is 0.167 e. The Bertz CT molecular complexity index is 647. The first-order valence-corrected chi connectivity index (χ1v) is 8.05. The average molecular weight is 321 g/mol. The summed E-state index contributed by atoms with van der Waals surface area (Å²) in [7, 11) is 0. The molecule has 0 amide bonds. The van der Waals surface area contributed by atoms with Crippen molar-refractivity contribution in [2.24, 2.45) is 0 Å². The number of aromatic nitrogens is 4. The number of ether oxygens (including phenoxy) is 2. The molecule has 1 aliphatic heterocycles. The van der Waals surface area contributed by atoms with Gasteiger partial charge in [0.05, 0.1) is 19.0 Å². The quantitative estimate of drug-likeness (QED) is 0.739. The van der Waals surface area contributed by atoms with Crippen LogP contribution >= 0.6 is 0 Å². The molecule has 0 bridgehead atoms. The zero-order chi connectivity index (χ0) is 16.2. The van der Waals surface area contributed by atoms with E-state index in [1.165, 1.54) is 6.33 Å². The zero-order valence-corrected chi connectivity index (χ0v) is 13.3. The number of fused-ring (bicyclic) bond motifs is 1. The molecule has 3 heterocycles. The Morgan fingerprint density at radius 3 is 3.09 bits per heavy atom. The highest BCUT2D eigenvalue weighted by Crippen LogP contribution is 2.31. The average Bonchev–Trinajstić information content (AvgIpc) is 3.12. The molecule has 3 N–H and O–H groups in total. The molecule has 2 aromatic rings. The molecule has 126 valence electrons. The van der Waals surface area contributed by atoms with Gasteiger partial charge in [-0.25, -0.2) is 15.0 Å². The van der Waals surface area contributed by atoms with Crippen molar-refractivity contribution in [1.29, 1.82) is 0 Å². The number of nitrogen functional groups attached to an aromatic ring is 1. The SMILES string of the molecule is CCCCCOC[C@H]1O[C@@H](n2cnc3c(N)ncnc32)C[C@@H]1O. The van der Waals surface area contributed by atoms with Gasteiger partial charge < -0.3 is 20.3 Å². The van der Waals surface area contributed by atoms with E-state index in [9.17, 15) is 5.11 Å². The van der Waals surface area contributed by atoms with Crippen LogP contribution in [0.4, 0.5) is 5.82 Å². The van der Waals surface area contributed by atoms with Gasteiger partial charge in [0.25, 0.3) is 0 Å². The van der Waals surface area contributed by atoms with Crippen LogP contribution in [0.2, 0.25) is 0 Å². The Morgan fingerprint density at radius 2 is 2.26 bits per heavy atom. The number of hydrogen-bond donors (Lipinski definition) is 2. The van der Waals surface area contributed by atoms with E-state index in [1.807, 2.05) is 0 Å². The summed E-state index contributed by atoms with van der Waals surface area (Å²) in [6.45, 7) is 3.24. The summed E-state index contributed by atoms with van der Waals surface area (Å²) in [5.74, 6) is 0.336. The Labute approximate surface area is 134 Å². The predicted octanol–water partition coefficient (Wildman–Crippen LogP) is 1.26. The second-order valence-electron chi connectivity index (χ2n) is 5.80. The van der Waals surface area contributed by atoms with Crippen molar-refractivity contribution < 1.29 is 14.6 Å². The maximum atomic E-state index is 10.2. The number of nitrogens with zero attached hydrogens (tertiary/aromatic N) is 4. The van der Waals surface area contributed by atoms with Gasteiger partial charge in [-0.2, -0.15) is 0 Å². The van der Waals surface area contributed by atoms with E-state index in [4.69, 9.17) is 15.2 Å². The lowest BCUT2D eigenvalue weighted by molar-refractivity contribution is -0.0616. The standard InChI is InChI=1S/C15H23N5O3/c1-2-3-4-5-22-7-11-10(21)6-12(23-11)20-9-19-13-14(16)17-8-18-15(13)20/h8-12,21H,2-7H2,1H3,(H2,16,17,18)/t10-,11+,12+/m0/s1. The number of anilines is 1. The van der Waals surface area contributed by atoms with Gasteiger partial charge in [0.15, 0.2) is 11.5 Å². The molecule has 0 aromatic carbocycles. The van der Waals surface area contributed by atoms with Crippen LogP contribution in [0.5, 0.6) is 0 Å². The van der Waals surface area contributed by atoms with Crippen molar-refractivity contribution in [2.45, 2.75) is 51.0 Å². The van der Waals surface area contributed by atoms with E-state index < -0.39 is 6.10 Å². The first-order valence-electron chi connectivity index (χ1n) is 8.05. The number of hydrogen-bond acceptors (Lipinski definition) is 7. The highest BCUT2D eigenvalue weighted by atomic mass is 16.6. The minimum absolute atomic E-state index is 0.325. The molecule has 8 nitrogen and oxygen atoms in total. The fourth-order valence-corrected chi connectivity index (χ4v) is 2.77. The van der Waals surface area contributed by atoms with Crippen molar-refractivity contribution in [3.63, 3.8) is 0 Å². The largest absolute Gasteiger partial charge is 0.390 e. The monoisotopic (exact) mass is 321 g/mol. The molecule has 0 spiro atoms. The van der Waals surface area contributed by atoms with E-state index in [0.717, 1.165) is 19.3 Å². The zero-order valence-electron chi connectivity index (χ0n) is 13.3. The summed E-state index contributed by atoms with van der Waals surface area (Å²) in [6.07, 6.45) is 5.61. The molecule has 3 rings (SSSR count). The minimum atomic E-state index is -0.567. The normalized spacial score (nSPS) is 24.5. The number of rotatable bonds is 7. The molecule has 0 aliphatic carbocycles. The van der Waals surface area contributed by atoms with Crippen molar-refractivity contribution in [2.75, 3.05) is 18.9 Å². The number of nitrogens with two attached hydrogens (primary N) is 1. The molecule has 1 saturated heterocycles. The molecular weight excluding hydrogens is 298 g/mol.